The van der Waals surface area contributed by atoms with Crippen LogP contribution in [0, 0.1) is 6.92 Å². The van der Waals surface area contributed by atoms with Crippen LogP contribution in [-0.2, 0) is 6.54 Å². The molecule has 2 atom stereocenters. The second-order valence-electron chi connectivity index (χ2n) is 5.46. The minimum absolute atomic E-state index is 0.781. The Morgan fingerprint density at radius 1 is 1.35 bits per heavy atom. The van der Waals surface area contributed by atoms with E-state index in [2.05, 4.69) is 34.1 Å². The molecule has 2 unspecified atom stereocenters. The third-order valence-corrected chi connectivity index (χ3v) is 5.21. The van der Waals surface area contributed by atoms with Crippen LogP contribution in [0.25, 0.3) is 0 Å². The zero-order valence-corrected chi connectivity index (χ0v) is 11.5. The summed E-state index contributed by atoms with van der Waals surface area (Å²) in [6.07, 6.45) is 4.12. The van der Waals surface area contributed by atoms with Gasteiger partial charge in [-0.15, -0.1) is 11.3 Å². The van der Waals surface area contributed by atoms with Gasteiger partial charge in [-0.1, -0.05) is 0 Å². The molecule has 0 N–H and O–H groups in total. The fourth-order valence-electron chi connectivity index (χ4n) is 3.19. The Kier molecular flexibility index (Phi) is 3.19. The Balaban J connectivity index is 1.65. The SMILES string of the molecule is Cc1csc(CN2CCC3CCC(C2)N3C)n1. The van der Waals surface area contributed by atoms with E-state index in [0.717, 1.165) is 18.6 Å². The van der Waals surface area contributed by atoms with Crippen LogP contribution in [0.4, 0.5) is 0 Å². The summed E-state index contributed by atoms with van der Waals surface area (Å²) in [5.74, 6) is 0. The summed E-state index contributed by atoms with van der Waals surface area (Å²) in [4.78, 5) is 9.78. The topological polar surface area (TPSA) is 19.4 Å². The van der Waals surface area contributed by atoms with Crippen molar-refractivity contribution in [2.75, 3.05) is 20.1 Å². The van der Waals surface area contributed by atoms with E-state index in [1.165, 1.54) is 43.1 Å². The Morgan fingerprint density at radius 3 is 2.94 bits per heavy atom. The summed E-state index contributed by atoms with van der Waals surface area (Å²) in [6.45, 7) is 5.60. The van der Waals surface area contributed by atoms with E-state index in [-0.39, 0.29) is 0 Å². The van der Waals surface area contributed by atoms with Gasteiger partial charge in [-0.25, -0.2) is 4.98 Å². The van der Waals surface area contributed by atoms with Crippen LogP contribution in [0.2, 0.25) is 0 Å². The van der Waals surface area contributed by atoms with Gasteiger partial charge in [-0.2, -0.15) is 0 Å². The smallest absolute Gasteiger partial charge is 0.107 e. The number of rotatable bonds is 2. The Hall–Kier alpha value is -0.450. The van der Waals surface area contributed by atoms with E-state index < -0.39 is 0 Å². The maximum absolute atomic E-state index is 4.58. The molecule has 2 bridgehead atoms. The highest BCUT2D eigenvalue weighted by molar-refractivity contribution is 7.09. The van der Waals surface area contributed by atoms with Gasteiger partial charge in [0.15, 0.2) is 0 Å². The summed E-state index contributed by atoms with van der Waals surface area (Å²) in [5, 5.41) is 3.44. The lowest BCUT2D eigenvalue weighted by atomic mass is 10.1. The lowest BCUT2D eigenvalue weighted by Gasteiger charge is -2.24. The number of likely N-dealkylation sites (N-methyl/N-ethyl adjacent to an activating group) is 1. The number of hydrogen-bond donors (Lipinski definition) is 0. The van der Waals surface area contributed by atoms with Crippen molar-refractivity contribution in [3.05, 3.63) is 16.1 Å². The lowest BCUT2D eigenvalue weighted by molar-refractivity contribution is 0.214. The molecule has 2 aliphatic heterocycles. The summed E-state index contributed by atoms with van der Waals surface area (Å²) >= 11 is 1.80. The minimum atomic E-state index is 0.781. The van der Waals surface area contributed by atoms with Gasteiger partial charge in [-0.05, 0) is 33.2 Å². The van der Waals surface area contributed by atoms with Crippen molar-refractivity contribution < 1.29 is 0 Å². The maximum Gasteiger partial charge on any atom is 0.107 e. The molecular formula is C13H21N3S. The number of hydrogen-bond acceptors (Lipinski definition) is 4. The highest BCUT2D eigenvalue weighted by Crippen LogP contribution is 2.29. The van der Waals surface area contributed by atoms with Gasteiger partial charge in [0.05, 0.1) is 6.54 Å². The van der Waals surface area contributed by atoms with Gasteiger partial charge in [0.2, 0.25) is 0 Å². The second-order valence-corrected chi connectivity index (χ2v) is 6.40. The van der Waals surface area contributed by atoms with Crippen molar-refractivity contribution in [3.8, 4) is 0 Å². The molecule has 3 nitrogen and oxygen atoms in total. The second kappa shape index (κ2) is 4.67. The van der Waals surface area contributed by atoms with Crippen LogP contribution < -0.4 is 0 Å². The van der Waals surface area contributed by atoms with Gasteiger partial charge in [0, 0.05) is 36.2 Å². The van der Waals surface area contributed by atoms with Crippen LogP contribution in [-0.4, -0.2) is 47.0 Å². The molecule has 2 aliphatic rings. The summed E-state index contributed by atoms with van der Waals surface area (Å²) in [7, 11) is 2.30. The van der Waals surface area contributed by atoms with Crippen molar-refractivity contribution >= 4 is 11.3 Å². The molecule has 0 radical (unpaired) electrons. The highest BCUT2D eigenvalue weighted by atomic mass is 32.1. The number of aryl methyl sites for hydroxylation is 1. The van der Waals surface area contributed by atoms with Gasteiger partial charge in [-0.3, -0.25) is 9.80 Å². The van der Waals surface area contributed by atoms with Gasteiger partial charge in [0.1, 0.15) is 5.01 Å². The lowest BCUT2D eigenvalue weighted by Crippen LogP contribution is -2.36. The fraction of sp³-hybridized carbons (Fsp3) is 0.769. The molecule has 0 saturated carbocycles. The summed E-state index contributed by atoms with van der Waals surface area (Å²) in [6, 6.07) is 1.62. The van der Waals surface area contributed by atoms with Crippen LogP contribution in [0.1, 0.15) is 30.0 Å². The van der Waals surface area contributed by atoms with Crippen molar-refractivity contribution in [2.45, 2.75) is 44.8 Å². The minimum Gasteiger partial charge on any atom is -0.299 e. The Bertz CT molecular complexity index is 390. The van der Waals surface area contributed by atoms with Crippen molar-refractivity contribution in [1.82, 2.24) is 14.8 Å². The number of aromatic nitrogens is 1. The van der Waals surface area contributed by atoms with E-state index in [1.807, 2.05) is 0 Å². The Labute approximate surface area is 107 Å². The maximum atomic E-state index is 4.58. The van der Waals surface area contributed by atoms with E-state index >= 15 is 0 Å². The molecule has 1 aromatic rings. The predicted molar refractivity (Wildman–Crippen MR) is 71.3 cm³/mol. The third-order valence-electron chi connectivity index (χ3n) is 4.26. The van der Waals surface area contributed by atoms with E-state index in [4.69, 9.17) is 0 Å². The average Bonchev–Trinajstić information content (AvgIpc) is 2.77. The molecule has 4 heteroatoms. The molecule has 17 heavy (non-hydrogen) atoms. The first-order valence-electron chi connectivity index (χ1n) is 6.57. The quantitative estimate of drug-likeness (QED) is 0.802. The van der Waals surface area contributed by atoms with Gasteiger partial charge in [0.25, 0.3) is 0 Å². The zero-order chi connectivity index (χ0) is 11.8. The molecule has 1 aromatic heterocycles. The zero-order valence-electron chi connectivity index (χ0n) is 10.7. The largest absolute Gasteiger partial charge is 0.299 e. The van der Waals surface area contributed by atoms with Crippen molar-refractivity contribution in [3.63, 3.8) is 0 Å². The molecule has 3 rings (SSSR count). The fourth-order valence-corrected chi connectivity index (χ4v) is 4.00. The molecule has 0 aromatic carbocycles. The first kappa shape index (κ1) is 11.6. The Morgan fingerprint density at radius 2 is 2.18 bits per heavy atom. The third kappa shape index (κ3) is 2.39. The standard InChI is InChI=1S/C13H21N3S/c1-10-9-17-13(14-10)8-16-6-5-11-3-4-12(7-16)15(11)2/h9,11-12H,3-8H2,1-2H3. The molecule has 0 aliphatic carbocycles. The van der Waals surface area contributed by atoms with Crippen LogP contribution in [0.5, 0.6) is 0 Å². The molecule has 0 amide bonds. The molecular weight excluding hydrogens is 230 g/mol. The van der Waals surface area contributed by atoms with E-state index in [9.17, 15) is 0 Å². The van der Waals surface area contributed by atoms with E-state index in [0.29, 0.717) is 0 Å². The van der Waals surface area contributed by atoms with Crippen LogP contribution >= 0.6 is 11.3 Å². The molecule has 94 valence electrons. The van der Waals surface area contributed by atoms with Gasteiger partial charge < -0.3 is 0 Å². The number of nitrogens with zero attached hydrogens (tertiary/aromatic N) is 3. The van der Waals surface area contributed by atoms with Crippen molar-refractivity contribution in [1.29, 1.82) is 0 Å². The summed E-state index contributed by atoms with van der Waals surface area (Å²) in [5.41, 5.74) is 1.17. The molecule has 3 heterocycles. The predicted octanol–water partition coefficient (Wildman–Crippen LogP) is 2.12. The van der Waals surface area contributed by atoms with Gasteiger partial charge >= 0.3 is 0 Å². The van der Waals surface area contributed by atoms with Crippen LogP contribution in [0.15, 0.2) is 5.38 Å². The molecule has 2 fully saturated rings. The van der Waals surface area contributed by atoms with Crippen LogP contribution in [0.3, 0.4) is 0 Å². The van der Waals surface area contributed by atoms with E-state index in [1.54, 1.807) is 11.3 Å². The molecule has 2 saturated heterocycles. The summed E-state index contributed by atoms with van der Waals surface area (Å²) < 4.78 is 0. The van der Waals surface area contributed by atoms with Crippen molar-refractivity contribution in [2.24, 2.45) is 0 Å². The highest BCUT2D eigenvalue weighted by Gasteiger charge is 2.34. The average molecular weight is 251 g/mol. The number of fused-ring (bicyclic) bond motifs is 2. The monoisotopic (exact) mass is 251 g/mol. The number of likely N-dealkylation sites (tertiary alicyclic amines) is 1. The normalized spacial score (nSPS) is 30.7. The first-order valence-corrected chi connectivity index (χ1v) is 7.45. The number of thiazole rings is 1. The molecule has 0 spiro atoms. The first-order chi connectivity index (χ1) is 8.22.